The van der Waals surface area contributed by atoms with E-state index in [1.165, 1.54) is 13.5 Å². The van der Waals surface area contributed by atoms with Crippen LogP contribution in [0.3, 0.4) is 0 Å². The Hall–Kier alpha value is -2.90. The summed E-state index contributed by atoms with van der Waals surface area (Å²) in [6, 6.07) is 8.00. The van der Waals surface area contributed by atoms with Gasteiger partial charge in [-0.15, -0.1) is 0 Å². The van der Waals surface area contributed by atoms with E-state index in [0.29, 0.717) is 24.6 Å². The highest BCUT2D eigenvalue weighted by Gasteiger charge is 2.16. The third-order valence-corrected chi connectivity index (χ3v) is 4.71. The normalized spacial score (nSPS) is 13.9. The number of carbonyl (C=O) groups is 1. The lowest BCUT2D eigenvalue weighted by Crippen LogP contribution is -2.32. The first-order valence-electron chi connectivity index (χ1n) is 9.61. The Kier molecular flexibility index (Phi) is 7.00. The number of hydrogen-bond donors (Lipinski definition) is 1. The zero-order chi connectivity index (χ0) is 19.8. The summed E-state index contributed by atoms with van der Waals surface area (Å²) < 4.78 is 10.3. The van der Waals surface area contributed by atoms with Gasteiger partial charge in [0.25, 0.3) is 0 Å². The fraction of sp³-hybridized carbons (Fsp3) is 0.500. The first-order chi connectivity index (χ1) is 13.7. The molecule has 1 saturated heterocycles. The van der Waals surface area contributed by atoms with Crippen LogP contribution in [-0.4, -0.2) is 48.2 Å². The molecule has 2 aromatic rings. The molecule has 0 radical (unpaired) electrons. The summed E-state index contributed by atoms with van der Waals surface area (Å²) in [5.74, 6) is 1.88. The molecule has 1 N–H and O–H groups in total. The number of hydrogen-bond acceptors (Lipinski definition) is 7. The van der Waals surface area contributed by atoms with E-state index in [2.05, 4.69) is 25.2 Å². The second-order valence-corrected chi connectivity index (χ2v) is 6.71. The molecule has 1 aromatic carbocycles. The van der Waals surface area contributed by atoms with E-state index < -0.39 is 0 Å². The minimum Gasteiger partial charge on any atom is -0.497 e. The quantitative estimate of drug-likeness (QED) is 0.744. The van der Waals surface area contributed by atoms with E-state index in [0.717, 1.165) is 37.2 Å². The number of piperidine rings is 1. The number of anilines is 1. The predicted octanol–water partition coefficient (Wildman–Crippen LogP) is 2.13. The molecule has 0 bridgehead atoms. The molecule has 0 unspecified atom stereocenters. The Labute approximate surface area is 165 Å². The van der Waals surface area contributed by atoms with Crippen LogP contribution in [0.2, 0.25) is 0 Å². The fourth-order valence-corrected chi connectivity index (χ4v) is 3.11. The van der Waals surface area contributed by atoms with Crippen molar-refractivity contribution >= 4 is 11.9 Å². The number of rotatable bonds is 8. The Morgan fingerprint density at radius 1 is 1.04 bits per heavy atom. The maximum absolute atomic E-state index is 12.2. The lowest BCUT2D eigenvalue weighted by Gasteiger charge is -2.26. The van der Waals surface area contributed by atoms with Crippen LogP contribution in [-0.2, 0) is 17.8 Å². The lowest BCUT2D eigenvalue weighted by molar-refractivity contribution is -0.121. The largest absolute Gasteiger partial charge is 0.497 e. The van der Waals surface area contributed by atoms with E-state index >= 15 is 0 Å². The van der Waals surface area contributed by atoms with Gasteiger partial charge < -0.3 is 19.7 Å². The molecule has 1 amide bonds. The van der Waals surface area contributed by atoms with Crippen molar-refractivity contribution in [3.63, 3.8) is 0 Å². The Morgan fingerprint density at radius 3 is 2.46 bits per heavy atom. The van der Waals surface area contributed by atoms with Crippen molar-refractivity contribution in [2.24, 2.45) is 0 Å². The monoisotopic (exact) mass is 385 g/mol. The van der Waals surface area contributed by atoms with Gasteiger partial charge in [0.2, 0.25) is 11.9 Å². The Bertz CT molecular complexity index is 776. The summed E-state index contributed by atoms with van der Waals surface area (Å²) in [7, 11) is 3.17. The first-order valence-corrected chi connectivity index (χ1v) is 9.61. The molecule has 8 nitrogen and oxygen atoms in total. The third-order valence-electron chi connectivity index (χ3n) is 4.71. The molecule has 1 fully saturated rings. The van der Waals surface area contributed by atoms with Crippen LogP contribution < -0.4 is 19.7 Å². The maximum Gasteiger partial charge on any atom is 0.321 e. The van der Waals surface area contributed by atoms with Crippen molar-refractivity contribution in [2.75, 3.05) is 32.2 Å². The summed E-state index contributed by atoms with van der Waals surface area (Å²) >= 11 is 0. The number of aryl methyl sites for hydroxylation is 1. The SMILES string of the molecule is COc1ccc(CCC(=O)NCc2nc(OC)nc(N3CCCCC3)n2)cc1. The zero-order valence-corrected chi connectivity index (χ0v) is 16.5. The Balaban J connectivity index is 1.54. The van der Waals surface area contributed by atoms with Crippen molar-refractivity contribution in [3.05, 3.63) is 35.7 Å². The van der Waals surface area contributed by atoms with E-state index in [1.807, 2.05) is 24.3 Å². The van der Waals surface area contributed by atoms with Crippen LogP contribution in [0.4, 0.5) is 5.95 Å². The molecule has 28 heavy (non-hydrogen) atoms. The van der Waals surface area contributed by atoms with Crippen molar-refractivity contribution in [1.82, 2.24) is 20.3 Å². The average molecular weight is 385 g/mol. The van der Waals surface area contributed by atoms with Gasteiger partial charge in [-0.2, -0.15) is 15.0 Å². The standard InChI is InChI=1S/C20H27N5O3/c1-27-16-9-6-15(7-10-16)8-11-18(26)21-14-17-22-19(24-20(23-17)28-2)25-12-4-3-5-13-25/h6-7,9-10H,3-5,8,11-14H2,1-2H3,(H,21,26). The number of carbonyl (C=O) groups excluding carboxylic acids is 1. The van der Waals surface area contributed by atoms with Crippen LogP contribution in [0.15, 0.2) is 24.3 Å². The highest BCUT2D eigenvalue weighted by atomic mass is 16.5. The minimum atomic E-state index is -0.0466. The van der Waals surface area contributed by atoms with Gasteiger partial charge in [0, 0.05) is 19.5 Å². The van der Waals surface area contributed by atoms with Gasteiger partial charge in [-0.1, -0.05) is 12.1 Å². The highest BCUT2D eigenvalue weighted by Crippen LogP contribution is 2.17. The first kappa shape index (κ1) is 19.9. The second kappa shape index (κ2) is 9.87. The third kappa shape index (κ3) is 5.55. The van der Waals surface area contributed by atoms with Crippen molar-refractivity contribution in [1.29, 1.82) is 0 Å². The fourth-order valence-electron chi connectivity index (χ4n) is 3.11. The van der Waals surface area contributed by atoms with Gasteiger partial charge >= 0.3 is 6.01 Å². The summed E-state index contributed by atoms with van der Waals surface area (Å²) in [4.78, 5) is 27.5. The van der Waals surface area contributed by atoms with Gasteiger partial charge in [0.05, 0.1) is 20.8 Å². The molecule has 0 aliphatic carbocycles. The molecule has 2 heterocycles. The molecular formula is C20H27N5O3. The topological polar surface area (TPSA) is 89.5 Å². The molecule has 3 rings (SSSR count). The average Bonchev–Trinajstić information content (AvgIpc) is 2.77. The Morgan fingerprint density at radius 2 is 1.79 bits per heavy atom. The van der Waals surface area contributed by atoms with Crippen LogP contribution >= 0.6 is 0 Å². The summed E-state index contributed by atoms with van der Waals surface area (Å²) in [5, 5.41) is 2.88. The number of methoxy groups -OCH3 is 2. The van der Waals surface area contributed by atoms with Gasteiger partial charge in [-0.05, 0) is 43.4 Å². The van der Waals surface area contributed by atoms with Gasteiger partial charge in [0.1, 0.15) is 5.75 Å². The van der Waals surface area contributed by atoms with Gasteiger partial charge in [-0.25, -0.2) is 0 Å². The van der Waals surface area contributed by atoms with E-state index in [4.69, 9.17) is 9.47 Å². The number of aromatic nitrogens is 3. The van der Waals surface area contributed by atoms with Crippen LogP contribution in [0.1, 0.15) is 37.1 Å². The van der Waals surface area contributed by atoms with Crippen molar-refractivity contribution < 1.29 is 14.3 Å². The zero-order valence-electron chi connectivity index (χ0n) is 16.5. The number of nitrogens with one attached hydrogen (secondary N) is 1. The van der Waals surface area contributed by atoms with Crippen LogP contribution in [0.5, 0.6) is 11.8 Å². The van der Waals surface area contributed by atoms with E-state index in [1.54, 1.807) is 7.11 Å². The summed E-state index contributed by atoms with van der Waals surface area (Å²) in [6.07, 6.45) is 4.55. The smallest absolute Gasteiger partial charge is 0.321 e. The highest BCUT2D eigenvalue weighted by molar-refractivity contribution is 5.76. The molecule has 1 aromatic heterocycles. The molecule has 8 heteroatoms. The lowest BCUT2D eigenvalue weighted by atomic mass is 10.1. The van der Waals surface area contributed by atoms with Crippen molar-refractivity contribution in [3.8, 4) is 11.8 Å². The summed E-state index contributed by atoms with van der Waals surface area (Å²) in [5.41, 5.74) is 1.09. The van der Waals surface area contributed by atoms with Gasteiger partial charge in [-0.3, -0.25) is 4.79 Å². The molecule has 0 atom stereocenters. The maximum atomic E-state index is 12.2. The van der Waals surface area contributed by atoms with E-state index in [9.17, 15) is 4.79 Å². The molecular weight excluding hydrogens is 358 g/mol. The van der Waals surface area contributed by atoms with Gasteiger partial charge in [0.15, 0.2) is 5.82 Å². The summed E-state index contributed by atoms with van der Waals surface area (Å²) in [6.45, 7) is 2.11. The van der Waals surface area contributed by atoms with E-state index in [-0.39, 0.29) is 18.5 Å². The predicted molar refractivity (Wildman–Crippen MR) is 106 cm³/mol. The molecule has 0 saturated carbocycles. The van der Waals surface area contributed by atoms with Crippen LogP contribution in [0, 0.1) is 0 Å². The molecule has 1 aliphatic heterocycles. The minimum absolute atomic E-state index is 0.0466. The number of amides is 1. The van der Waals surface area contributed by atoms with Crippen molar-refractivity contribution in [2.45, 2.75) is 38.6 Å². The molecule has 150 valence electrons. The molecule has 1 aliphatic rings. The number of benzene rings is 1. The second-order valence-electron chi connectivity index (χ2n) is 6.71. The van der Waals surface area contributed by atoms with Crippen LogP contribution in [0.25, 0.3) is 0 Å². The number of nitrogens with zero attached hydrogens (tertiary/aromatic N) is 4. The molecule has 0 spiro atoms. The number of ether oxygens (including phenoxy) is 2.